The number of para-hydroxylation sites is 1. The first-order valence-electron chi connectivity index (χ1n) is 7.14. The van der Waals surface area contributed by atoms with Crippen LogP contribution in [0.3, 0.4) is 0 Å². The molecular formula is C18H13NO3S2. The number of carbonyl (C=O) groups is 2. The first kappa shape index (κ1) is 16.4. The normalized spacial score (nSPS) is 16.0. The topological polar surface area (TPSA) is 57.6 Å². The van der Waals surface area contributed by atoms with E-state index in [0.717, 1.165) is 16.8 Å². The van der Waals surface area contributed by atoms with Gasteiger partial charge >= 0.3 is 5.97 Å². The lowest BCUT2D eigenvalue weighted by atomic mass is 10.1. The van der Waals surface area contributed by atoms with E-state index in [4.69, 9.17) is 17.3 Å². The molecule has 4 nitrogen and oxygen atoms in total. The largest absolute Gasteiger partial charge is 0.478 e. The Balaban J connectivity index is 1.91. The van der Waals surface area contributed by atoms with E-state index in [1.54, 1.807) is 18.2 Å². The van der Waals surface area contributed by atoms with Crippen LogP contribution in [0.25, 0.3) is 6.08 Å². The molecule has 0 aliphatic carbocycles. The highest BCUT2D eigenvalue weighted by Crippen LogP contribution is 2.37. The maximum Gasteiger partial charge on any atom is 0.335 e. The van der Waals surface area contributed by atoms with E-state index in [1.807, 2.05) is 31.2 Å². The highest BCUT2D eigenvalue weighted by Gasteiger charge is 2.33. The lowest BCUT2D eigenvalue weighted by Gasteiger charge is -2.16. The van der Waals surface area contributed by atoms with Crippen LogP contribution in [-0.2, 0) is 4.79 Å². The van der Waals surface area contributed by atoms with Crippen molar-refractivity contribution in [1.29, 1.82) is 0 Å². The van der Waals surface area contributed by atoms with Gasteiger partial charge in [-0.25, -0.2) is 4.79 Å². The fourth-order valence-electron chi connectivity index (χ4n) is 2.36. The molecule has 0 unspecified atom stereocenters. The number of hydrogen-bond acceptors (Lipinski definition) is 4. The lowest BCUT2D eigenvalue weighted by molar-refractivity contribution is -0.113. The van der Waals surface area contributed by atoms with Gasteiger partial charge in [-0.3, -0.25) is 9.69 Å². The van der Waals surface area contributed by atoms with Crippen LogP contribution >= 0.6 is 24.0 Å². The Hall–Kier alpha value is -2.44. The molecule has 3 rings (SSSR count). The zero-order chi connectivity index (χ0) is 17.3. The van der Waals surface area contributed by atoms with Crippen molar-refractivity contribution in [2.75, 3.05) is 4.90 Å². The van der Waals surface area contributed by atoms with E-state index >= 15 is 0 Å². The van der Waals surface area contributed by atoms with Gasteiger partial charge in [0.25, 0.3) is 5.91 Å². The number of carboxylic acids is 1. The van der Waals surface area contributed by atoms with Crippen molar-refractivity contribution in [1.82, 2.24) is 0 Å². The molecule has 0 saturated carbocycles. The third kappa shape index (κ3) is 3.11. The summed E-state index contributed by atoms with van der Waals surface area (Å²) in [5.74, 6) is -1.14. The van der Waals surface area contributed by atoms with Gasteiger partial charge in [-0.15, -0.1) is 0 Å². The number of rotatable bonds is 3. The number of carbonyl (C=O) groups excluding carboxylic acids is 1. The number of benzene rings is 2. The van der Waals surface area contributed by atoms with E-state index in [9.17, 15) is 9.59 Å². The van der Waals surface area contributed by atoms with Gasteiger partial charge in [-0.2, -0.15) is 0 Å². The molecule has 6 heteroatoms. The average Bonchev–Trinajstić information content (AvgIpc) is 2.83. The van der Waals surface area contributed by atoms with Crippen molar-refractivity contribution in [3.8, 4) is 0 Å². The fraction of sp³-hybridized carbons (Fsp3) is 0.0556. The molecule has 1 saturated heterocycles. The Morgan fingerprint density at radius 1 is 1.17 bits per heavy atom. The van der Waals surface area contributed by atoms with Crippen LogP contribution in [0.1, 0.15) is 21.5 Å². The molecule has 1 N–H and O–H groups in total. The van der Waals surface area contributed by atoms with E-state index < -0.39 is 5.97 Å². The summed E-state index contributed by atoms with van der Waals surface area (Å²) >= 11 is 6.60. The molecule has 0 aromatic heterocycles. The summed E-state index contributed by atoms with van der Waals surface area (Å²) in [6, 6.07) is 13.9. The molecule has 1 heterocycles. The average molecular weight is 355 g/mol. The molecule has 1 amide bonds. The number of aryl methyl sites for hydroxylation is 1. The van der Waals surface area contributed by atoms with Crippen molar-refractivity contribution in [3.05, 3.63) is 70.1 Å². The van der Waals surface area contributed by atoms with Gasteiger partial charge in [0.15, 0.2) is 4.32 Å². The zero-order valence-electron chi connectivity index (χ0n) is 12.7. The Morgan fingerprint density at radius 2 is 1.83 bits per heavy atom. The number of thioether (sulfide) groups is 1. The molecule has 1 aliphatic rings. The molecule has 0 atom stereocenters. The van der Waals surface area contributed by atoms with Crippen LogP contribution in [0, 0.1) is 6.92 Å². The number of thiocarbonyl (C=S) groups is 1. The quantitative estimate of drug-likeness (QED) is 0.663. The molecular weight excluding hydrogens is 342 g/mol. The van der Waals surface area contributed by atoms with Crippen molar-refractivity contribution in [2.45, 2.75) is 6.92 Å². The summed E-state index contributed by atoms with van der Waals surface area (Å²) in [5.41, 5.74) is 2.72. The molecule has 24 heavy (non-hydrogen) atoms. The maximum atomic E-state index is 12.7. The summed E-state index contributed by atoms with van der Waals surface area (Å²) in [5, 5.41) is 8.93. The van der Waals surface area contributed by atoms with Crippen LogP contribution < -0.4 is 4.90 Å². The summed E-state index contributed by atoms with van der Waals surface area (Å²) in [7, 11) is 0. The molecule has 2 aromatic rings. The van der Waals surface area contributed by atoms with Crippen LogP contribution in [0.2, 0.25) is 0 Å². The third-order valence-corrected chi connectivity index (χ3v) is 4.91. The lowest BCUT2D eigenvalue weighted by Crippen LogP contribution is -2.28. The standard InChI is InChI=1S/C18H13NO3S2/c1-11-4-2-3-5-14(11)19-16(20)15(24-18(19)23)10-12-6-8-13(9-7-12)17(21)22/h2-10H,1H3,(H,21,22). The summed E-state index contributed by atoms with van der Waals surface area (Å²) in [6.07, 6.45) is 1.73. The minimum absolute atomic E-state index is 0.165. The number of aromatic carboxylic acids is 1. The van der Waals surface area contributed by atoms with Crippen molar-refractivity contribution < 1.29 is 14.7 Å². The number of nitrogens with zero attached hydrogens (tertiary/aromatic N) is 1. The minimum Gasteiger partial charge on any atom is -0.478 e. The highest BCUT2D eigenvalue weighted by atomic mass is 32.2. The van der Waals surface area contributed by atoms with Gasteiger partial charge in [-0.05, 0) is 42.3 Å². The second-order valence-corrected chi connectivity index (χ2v) is 6.91. The number of hydrogen-bond donors (Lipinski definition) is 1. The number of amides is 1. The van der Waals surface area contributed by atoms with Crippen molar-refractivity contribution in [2.24, 2.45) is 0 Å². The van der Waals surface area contributed by atoms with Crippen LogP contribution in [0.15, 0.2) is 53.4 Å². The summed E-state index contributed by atoms with van der Waals surface area (Å²) < 4.78 is 0.489. The molecule has 2 aromatic carbocycles. The van der Waals surface area contributed by atoms with Gasteiger partial charge in [-0.1, -0.05) is 54.3 Å². The first-order valence-corrected chi connectivity index (χ1v) is 8.37. The van der Waals surface area contributed by atoms with Crippen LogP contribution in [0.5, 0.6) is 0 Å². The Bertz CT molecular complexity index is 872. The molecule has 120 valence electrons. The smallest absolute Gasteiger partial charge is 0.335 e. The number of anilines is 1. The van der Waals surface area contributed by atoms with Crippen molar-refractivity contribution >= 4 is 51.9 Å². The van der Waals surface area contributed by atoms with Crippen LogP contribution in [-0.4, -0.2) is 21.3 Å². The first-order chi connectivity index (χ1) is 11.5. The van der Waals surface area contributed by atoms with Gasteiger partial charge in [0.1, 0.15) is 0 Å². The van der Waals surface area contributed by atoms with Gasteiger partial charge in [0.2, 0.25) is 0 Å². The van der Waals surface area contributed by atoms with E-state index in [2.05, 4.69) is 0 Å². The minimum atomic E-state index is -0.979. The van der Waals surface area contributed by atoms with E-state index in [1.165, 1.54) is 28.8 Å². The third-order valence-electron chi connectivity index (χ3n) is 3.61. The molecule has 0 radical (unpaired) electrons. The fourth-order valence-corrected chi connectivity index (χ4v) is 3.65. The number of carboxylic acid groups (broad SMARTS) is 1. The SMILES string of the molecule is Cc1ccccc1N1C(=O)C(=Cc2ccc(C(=O)O)cc2)SC1=S. The monoisotopic (exact) mass is 355 g/mol. The van der Waals surface area contributed by atoms with Crippen LogP contribution in [0.4, 0.5) is 5.69 Å². The molecule has 1 aliphatic heterocycles. The molecule has 0 spiro atoms. The highest BCUT2D eigenvalue weighted by molar-refractivity contribution is 8.27. The second-order valence-electron chi connectivity index (χ2n) is 5.23. The van der Waals surface area contributed by atoms with E-state index in [0.29, 0.717) is 9.23 Å². The Labute approximate surface area is 148 Å². The molecule has 0 bridgehead atoms. The maximum absolute atomic E-state index is 12.7. The molecule has 1 fully saturated rings. The Kier molecular flexibility index (Phi) is 4.51. The second kappa shape index (κ2) is 6.59. The van der Waals surface area contributed by atoms with E-state index in [-0.39, 0.29) is 11.5 Å². The summed E-state index contributed by atoms with van der Waals surface area (Å²) in [4.78, 5) is 25.6. The predicted molar refractivity (Wildman–Crippen MR) is 100 cm³/mol. The van der Waals surface area contributed by atoms with Gasteiger partial charge < -0.3 is 5.11 Å². The van der Waals surface area contributed by atoms with Gasteiger partial charge in [0.05, 0.1) is 16.2 Å². The zero-order valence-corrected chi connectivity index (χ0v) is 14.4. The van der Waals surface area contributed by atoms with Gasteiger partial charge in [0, 0.05) is 0 Å². The Morgan fingerprint density at radius 3 is 2.46 bits per heavy atom. The summed E-state index contributed by atoms with van der Waals surface area (Å²) in [6.45, 7) is 1.93. The predicted octanol–water partition coefficient (Wildman–Crippen LogP) is 4.10. The van der Waals surface area contributed by atoms with Crippen molar-refractivity contribution in [3.63, 3.8) is 0 Å².